The Labute approximate surface area is 175 Å². The average Bonchev–Trinajstić information content (AvgIpc) is 3.36. The molecule has 156 valence electrons. The molecule has 1 heterocycles. The third-order valence-electron chi connectivity index (χ3n) is 7.21. The fourth-order valence-electron chi connectivity index (χ4n) is 5.38. The summed E-state index contributed by atoms with van der Waals surface area (Å²) in [7, 11) is 1.76. The third kappa shape index (κ3) is 4.49. The monoisotopic (exact) mass is 393 g/mol. The van der Waals surface area contributed by atoms with Gasteiger partial charge in [-0.2, -0.15) is 0 Å². The Hall–Kier alpha value is -1.91. The molecule has 1 aromatic carbocycles. The minimum Gasteiger partial charge on any atom is -0.358 e. The molecule has 4 nitrogen and oxygen atoms in total. The van der Waals surface area contributed by atoms with E-state index in [1.165, 1.54) is 28.7 Å². The van der Waals surface area contributed by atoms with Crippen molar-refractivity contribution in [1.82, 2.24) is 15.5 Å². The van der Waals surface area contributed by atoms with Gasteiger partial charge in [0, 0.05) is 32.2 Å². The van der Waals surface area contributed by atoms with Gasteiger partial charge in [0.05, 0.1) is 6.04 Å². The number of carbonyl (C=O) groups is 1. The highest BCUT2D eigenvalue weighted by Gasteiger charge is 2.41. The SMILES string of the molecule is C=C(C)[C@@H]1CC=C(CN[C@H]2C[C@@H](C(=O)NC)N(C3Cc4ccccc4C3)C2)CC1. The highest BCUT2D eigenvalue weighted by molar-refractivity contribution is 5.82. The Morgan fingerprint density at radius 3 is 2.55 bits per heavy atom. The second-order valence-electron chi connectivity index (χ2n) is 9.15. The number of rotatable bonds is 6. The molecule has 3 atom stereocenters. The fourth-order valence-corrected chi connectivity index (χ4v) is 5.38. The van der Waals surface area contributed by atoms with Crippen LogP contribution in [-0.2, 0) is 17.6 Å². The first-order valence-corrected chi connectivity index (χ1v) is 11.2. The van der Waals surface area contributed by atoms with Crippen molar-refractivity contribution in [3.05, 3.63) is 59.2 Å². The van der Waals surface area contributed by atoms with Gasteiger partial charge in [-0.25, -0.2) is 0 Å². The van der Waals surface area contributed by atoms with Crippen molar-refractivity contribution in [3.63, 3.8) is 0 Å². The summed E-state index contributed by atoms with van der Waals surface area (Å²) in [5, 5.41) is 6.66. The first-order valence-electron chi connectivity index (χ1n) is 11.2. The zero-order valence-corrected chi connectivity index (χ0v) is 17.9. The molecule has 0 spiro atoms. The molecule has 0 aromatic heterocycles. The van der Waals surface area contributed by atoms with Crippen LogP contribution in [0.3, 0.4) is 0 Å². The van der Waals surface area contributed by atoms with Crippen molar-refractivity contribution < 1.29 is 4.79 Å². The van der Waals surface area contributed by atoms with E-state index in [1.54, 1.807) is 7.05 Å². The zero-order chi connectivity index (χ0) is 20.4. The minimum absolute atomic E-state index is 0.0232. The van der Waals surface area contributed by atoms with Crippen molar-refractivity contribution in [2.24, 2.45) is 5.92 Å². The lowest BCUT2D eigenvalue weighted by Crippen LogP contribution is -2.47. The van der Waals surface area contributed by atoms with Gasteiger partial charge in [0.1, 0.15) is 0 Å². The molecule has 3 aliphatic rings. The van der Waals surface area contributed by atoms with Gasteiger partial charge in [0.15, 0.2) is 0 Å². The van der Waals surface area contributed by atoms with E-state index in [2.05, 4.69) is 59.4 Å². The van der Waals surface area contributed by atoms with Crippen molar-refractivity contribution in [3.8, 4) is 0 Å². The van der Waals surface area contributed by atoms with Gasteiger partial charge in [-0.3, -0.25) is 9.69 Å². The number of allylic oxidation sites excluding steroid dienone is 2. The van der Waals surface area contributed by atoms with E-state index in [-0.39, 0.29) is 11.9 Å². The molecule has 0 radical (unpaired) electrons. The lowest BCUT2D eigenvalue weighted by molar-refractivity contribution is -0.125. The van der Waals surface area contributed by atoms with E-state index in [0.29, 0.717) is 18.0 Å². The molecule has 0 unspecified atom stereocenters. The lowest BCUT2D eigenvalue weighted by atomic mass is 9.85. The minimum atomic E-state index is -0.0232. The number of likely N-dealkylation sites (tertiary alicyclic amines) is 1. The standard InChI is InChI=1S/C25H35N3O/c1-17(2)19-10-8-18(9-11-19)15-27-22-14-24(25(29)26-3)28(16-22)23-12-20-6-4-5-7-21(20)13-23/h4-8,19,22-24,27H,1,9-16H2,2-3H3,(H,26,29)/t19-,22+,24+/m1/s1. The second kappa shape index (κ2) is 8.85. The molecule has 0 bridgehead atoms. The molecule has 2 aliphatic carbocycles. The maximum absolute atomic E-state index is 12.6. The first kappa shape index (κ1) is 20.4. The largest absolute Gasteiger partial charge is 0.358 e. The lowest BCUT2D eigenvalue weighted by Gasteiger charge is -2.29. The highest BCUT2D eigenvalue weighted by Crippen LogP contribution is 2.31. The van der Waals surface area contributed by atoms with Crippen molar-refractivity contribution in [2.75, 3.05) is 20.1 Å². The van der Waals surface area contributed by atoms with Crippen molar-refractivity contribution in [1.29, 1.82) is 0 Å². The average molecular weight is 394 g/mol. The summed E-state index contributed by atoms with van der Waals surface area (Å²) >= 11 is 0. The quantitative estimate of drug-likeness (QED) is 0.730. The van der Waals surface area contributed by atoms with Gasteiger partial charge in [0.25, 0.3) is 0 Å². The number of nitrogens with one attached hydrogen (secondary N) is 2. The molecule has 1 aliphatic heterocycles. The predicted molar refractivity (Wildman–Crippen MR) is 119 cm³/mol. The van der Waals surface area contributed by atoms with Crippen LogP contribution < -0.4 is 10.6 Å². The summed E-state index contributed by atoms with van der Waals surface area (Å²) < 4.78 is 0. The van der Waals surface area contributed by atoms with E-state index >= 15 is 0 Å². The van der Waals surface area contributed by atoms with Gasteiger partial charge in [-0.1, -0.05) is 48.1 Å². The molecular weight excluding hydrogens is 358 g/mol. The summed E-state index contributed by atoms with van der Waals surface area (Å²) in [6, 6.07) is 9.52. The number of likely N-dealkylation sites (N-methyl/N-ethyl adjacent to an activating group) is 1. The number of nitrogens with zero attached hydrogens (tertiary/aromatic N) is 1. The Bertz CT molecular complexity index is 774. The van der Waals surface area contributed by atoms with Crippen LogP contribution in [-0.4, -0.2) is 49.1 Å². The highest BCUT2D eigenvalue weighted by atomic mass is 16.2. The van der Waals surface area contributed by atoms with Crippen LogP contribution in [0.2, 0.25) is 0 Å². The summed E-state index contributed by atoms with van der Waals surface area (Å²) in [4.78, 5) is 15.1. The summed E-state index contributed by atoms with van der Waals surface area (Å²) in [6.07, 6.45) is 8.94. The molecule has 29 heavy (non-hydrogen) atoms. The van der Waals surface area contributed by atoms with E-state index in [0.717, 1.165) is 45.2 Å². The molecule has 1 saturated heterocycles. The van der Waals surface area contributed by atoms with Crippen LogP contribution in [0.4, 0.5) is 0 Å². The van der Waals surface area contributed by atoms with Crippen LogP contribution in [0.15, 0.2) is 48.1 Å². The number of carbonyl (C=O) groups excluding carboxylic acids is 1. The predicted octanol–water partition coefficient (Wildman–Crippen LogP) is 3.23. The molecular formula is C25H35N3O. The smallest absolute Gasteiger partial charge is 0.237 e. The second-order valence-corrected chi connectivity index (χ2v) is 9.15. The number of fused-ring (bicyclic) bond motifs is 1. The Kier molecular flexibility index (Phi) is 6.21. The van der Waals surface area contributed by atoms with Crippen LogP contribution in [0, 0.1) is 5.92 Å². The normalized spacial score (nSPS) is 27.5. The Morgan fingerprint density at radius 1 is 1.24 bits per heavy atom. The van der Waals surface area contributed by atoms with Crippen molar-refractivity contribution >= 4 is 5.91 Å². The Balaban J connectivity index is 1.37. The Morgan fingerprint density at radius 2 is 1.97 bits per heavy atom. The third-order valence-corrected chi connectivity index (χ3v) is 7.21. The zero-order valence-electron chi connectivity index (χ0n) is 17.9. The van der Waals surface area contributed by atoms with Crippen LogP contribution in [0.5, 0.6) is 0 Å². The van der Waals surface area contributed by atoms with Gasteiger partial charge in [0.2, 0.25) is 5.91 Å². The number of benzene rings is 1. The number of amides is 1. The van der Waals surface area contributed by atoms with Crippen LogP contribution >= 0.6 is 0 Å². The molecule has 4 heteroatoms. The maximum Gasteiger partial charge on any atom is 0.237 e. The summed E-state index contributed by atoms with van der Waals surface area (Å²) in [5.74, 6) is 0.814. The van der Waals surface area contributed by atoms with E-state index < -0.39 is 0 Å². The molecule has 1 fully saturated rings. The molecule has 4 rings (SSSR count). The van der Waals surface area contributed by atoms with Gasteiger partial charge < -0.3 is 10.6 Å². The van der Waals surface area contributed by atoms with E-state index in [1.807, 2.05) is 0 Å². The molecule has 1 aromatic rings. The molecule has 1 amide bonds. The van der Waals surface area contributed by atoms with E-state index in [4.69, 9.17) is 0 Å². The summed E-state index contributed by atoms with van der Waals surface area (Å²) in [6.45, 7) is 8.17. The fraction of sp³-hybridized carbons (Fsp3) is 0.560. The number of hydrogen-bond acceptors (Lipinski definition) is 3. The maximum atomic E-state index is 12.6. The number of hydrogen-bond donors (Lipinski definition) is 2. The van der Waals surface area contributed by atoms with Gasteiger partial charge in [-0.05, 0) is 62.5 Å². The van der Waals surface area contributed by atoms with Gasteiger partial charge in [-0.15, -0.1) is 0 Å². The van der Waals surface area contributed by atoms with E-state index in [9.17, 15) is 4.79 Å². The van der Waals surface area contributed by atoms with Gasteiger partial charge >= 0.3 is 0 Å². The topological polar surface area (TPSA) is 44.4 Å². The first-order chi connectivity index (χ1) is 14.0. The van der Waals surface area contributed by atoms with Crippen molar-refractivity contribution in [2.45, 2.75) is 63.6 Å². The molecule has 0 saturated carbocycles. The summed E-state index contributed by atoms with van der Waals surface area (Å²) in [5.41, 5.74) is 5.73. The molecule has 2 N–H and O–H groups in total. The van der Waals surface area contributed by atoms with Crippen LogP contribution in [0.25, 0.3) is 0 Å². The van der Waals surface area contributed by atoms with Crippen LogP contribution in [0.1, 0.15) is 43.7 Å².